The monoisotopic (exact) mass is 463 g/mol. The van der Waals surface area contributed by atoms with Gasteiger partial charge in [-0.1, -0.05) is 0 Å². The van der Waals surface area contributed by atoms with Gasteiger partial charge < -0.3 is 14.4 Å². The first-order valence-corrected chi connectivity index (χ1v) is 11.1. The lowest BCUT2D eigenvalue weighted by Crippen LogP contribution is -2.36. The van der Waals surface area contributed by atoms with Gasteiger partial charge in [-0.2, -0.15) is 0 Å². The van der Waals surface area contributed by atoms with E-state index in [2.05, 4.69) is 14.9 Å². The van der Waals surface area contributed by atoms with Crippen molar-refractivity contribution in [3.8, 4) is 11.3 Å². The molecule has 2 fully saturated rings. The average Bonchev–Trinajstić information content (AvgIpc) is 3.14. The third-order valence-corrected chi connectivity index (χ3v) is 7.17. The fourth-order valence-corrected chi connectivity index (χ4v) is 5.36. The molecular formula is C24H23F2N7O. The van der Waals surface area contributed by atoms with Crippen LogP contribution in [-0.2, 0) is 14.1 Å². The van der Waals surface area contributed by atoms with E-state index in [1.165, 1.54) is 35.0 Å². The number of benzene rings is 1. The number of rotatable bonds is 4. The Hall–Kier alpha value is -3.82. The maximum atomic E-state index is 14.3. The molecule has 4 aromatic rings. The first-order valence-electron chi connectivity index (χ1n) is 11.1. The number of anilines is 2. The van der Waals surface area contributed by atoms with Crippen molar-refractivity contribution >= 4 is 22.9 Å². The Morgan fingerprint density at radius 2 is 1.79 bits per heavy atom. The lowest BCUT2D eigenvalue weighted by Gasteiger charge is -2.27. The van der Waals surface area contributed by atoms with Crippen LogP contribution in [0.15, 0.2) is 47.5 Å². The average molecular weight is 463 g/mol. The van der Waals surface area contributed by atoms with Gasteiger partial charge in [0.2, 0.25) is 11.9 Å². The second-order valence-electron chi connectivity index (χ2n) is 9.13. The summed E-state index contributed by atoms with van der Waals surface area (Å²) >= 11 is 0. The van der Waals surface area contributed by atoms with Gasteiger partial charge in [0.15, 0.2) is 5.82 Å². The van der Waals surface area contributed by atoms with Crippen LogP contribution in [0.3, 0.4) is 0 Å². The van der Waals surface area contributed by atoms with E-state index in [1.54, 1.807) is 13.1 Å². The number of pyridine rings is 1. The zero-order valence-electron chi connectivity index (χ0n) is 19.0. The van der Waals surface area contributed by atoms with Gasteiger partial charge >= 0.3 is 0 Å². The fraction of sp³-hybridized carbons (Fsp3) is 0.333. The summed E-state index contributed by atoms with van der Waals surface area (Å²) < 4.78 is 31.4. The quantitative estimate of drug-likeness (QED) is 0.463. The van der Waals surface area contributed by atoms with Gasteiger partial charge in [-0.25, -0.2) is 18.7 Å². The Bertz CT molecular complexity index is 1480. The van der Waals surface area contributed by atoms with Crippen LogP contribution in [0.4, 0.5) is 20.7 Å². The Balaban J connectivity index is 1.25. The Kier molecular flexibility index (Phi) is 4.48. The summed E-state index contributed by atoms with van der Waals surface area (Å²) in [7, 11) is 5.51. The first-order chi connectivity index (χ1) is 16.3. The van der Waals surface area contributed by atoms with Crippen LogP contribution < -0.4 is 15.4 Å². The van der Waals surface area contributed by atoms with Crippen LogP contribution in [0.2, 0.25) is 0 Å². The van der Waals surface area contributed by atoms with Crippen molar-refractivity contribution in [2.75, 3.05) is 29.9 Å². The van der Waals surface area contributed by atoms with Gasteiger partial charge in [-0.3, -0.25) is 14.3 Å². The second kappa shape index (κ2) is 7.34. The lowest BCUT2D eigenvalue weighted by molar-refractivity contribution is 0.623. The van der Waals surface area contributed by atoms with Crippen LogP contribution in [0.25, 0.3) is 22.3 Å². The van der Waals surface area contributed by atoms with Crippen molar-refractivity contribution in [2.45, 2.75) is 6.04 Å². The fourth-order valence-electron chi connectivity index (χ4n) is 5.36. The molecule has 0 radical (unpaired) electrons. The van der Waals surface area contributed by atoms with Crippen LogP contribution in [0.1, 0.15) is 0 Å². The number of imidazole rings is 1. The first kappa shape index (κ1) is 20.8. The molecule has 1 aliphatic carbocycles. The highest BCUT2D eigenvalue weighted by Crippen LogP contribution is 2.50. The highest BCUT2D eigenvalue weighted by atomic mass is 19.1. The van der Waals surface area contributed by atoms with E-state index in [0.717, 1.165) is 36.3 Å². The van der Waals surface area contributed by atoms with Gasteiger partial charge in [0.05, 0.1) is 22.9 Å². The van der Waals surface area contributed by atoms with Gasteiger partial charge in [0.1, 0.15) is 5.82 Å². The Morgan fingerprint density at radius 1 is 1.03 bits per heavy atom. The molecule has 0 bridgehead atoms. The maximum Gasteiger partial charge on any atom is 0.255 e. The van der Waals surface area contributed by atoms with Crippen molar-refractivity contribution in [1.29, 1.82) is 0 Å². The van der Waals surface area contributed by atoms with E-state index in [0.29, 0.717) is 23.5 Å². The zero-order chi connectivity index (χ0) is 23.7. The molecule has 174 valence electrons. The molecule has 10 heteroatoms. The van der Waals surface area contributed by atoms with Gasteiger partial charge in [-0.05, 0) is 24.3 Å². The number of nitrogens with zero attached hydrogens (tertiary/aromatic N) is 7. The third kappa shape index (κ3) is 3.08. The number of hydrogen-bond acceptors (Lipinski definition) is 6. The number of fused-ring (bicyclic) bond motifs is 2. The second-order valence-corrected chi connectivity index (χ2v) is 9.13. The predicted octanol–water partition coefficient (Wildman–Crippen LogP) is 2.58. The Morgan fingerprint density at radius 3 is 2.53 bits per heavy atom. The van der Waals surface area contributed by atoms with E-state index in [-0.39, 0.29) is 23.0 Å². The molecule has 1 aliphatic heterocycles. The molecule has 3 atom stereocenters. The molecular weight excluding hydrogens is 440 g/mol. The van der Waals surface area contributed by atoms with Gasteiger partial charge in [-0.15, -0.1) is 0 Å². The minimum absolute atomic E-state index is 0.221. The standard InChI is InChI=1S/C24H23F2N7O/c1-30-20-8-13(25)4-5-18(20)28-24(30)33-11-15-16(12-33)22(15)32(3)23-29-19(9-21(34)31(23)2)14-6-7-27-10-17(14)26/h4-10,15-16,22H,11-12H2,1-3H3/t15-,16+,22?. The molecule has 8 nitrogen and oxygen atoms in total. The number of hydrogen-bond donors (Lipinski definition) is 0. The summed E-state index contributed by atoms with van der Waals surface area (Å²) in [6.45, 7) is 1.62. The molecule has 1 aromatic carbocycles. The summed E-state index contributed by atoms with van der Waals surface area (Å²) in [6, 6.07) is 7.72. The van der Waals surface area contributed by atoms with Crippen LogP contribution >= 0.6 is 0 Å². The molecule has 6 rings (SSSR count). The molecule has 1 saturated heterocycles. The predicted molar refractivity (Wildman–Crippen MR) is 125 cm³/mol. The Labute approximate surface area is 194 Å². The molecule has 2 aliphatic rings. The number of halogens is 2. The molecule has 1 saturated carbocycles. The summed E-state index contributed by atoms with van der Waals surface area (Å²) in [5.74, 6) is 1.32. The number of piperidine rings is 1. The van der Waals surface area contributed by atoms with Gasteiger partial charge in [0, 0.05) is 69.9 Å². The smallest absolute Gasteiger partial charge is 0.255 e. The normalized spacial score (nSPS) is 21.2. The molecule has 0 spiro atoms. The van der Waals surface area contributed by atoms with Crippen LogP contribution in [0, 0.1) is 23.5 Å². The van der Waals surface area contributed by atoms with Crippen LogP contribution in [0.5, 0.6) is 0 Å². The third-order valence-electron chi connectivity index (χ3n) is 7.17. The molecule has 34 heavy (non-hydrogen) atoms. The molecule has 0 amide bonds. The van der Waals surface area contributed by atoms with Crippen molar-refractivity contribution in [1.82, 2.24) is 24.1 Å². The maximum absolute atomic E-state index is 14.3. The molecule has 3 aromatic heterocycles. The highest BCUT2D eigenvalue weighted by Gasteiger charge is 2.59. The SMILES string of the molecule is CN(c1nc(-c2ccncc2F)cc(=O)n1C)C1[C@H]2CN(c3nc4ccc(F)cc4n3C)C[C@@H]12. The lowest BCUT2D eigenvalue weighted by atomic mass is 10.2. The van der Waals surface area contributed by atoms with E-state index >= 15 is 0 Å². The van der Waals surface area contributed by atoms with Crippen molar-refractivity contribution < 1.29 is 8.78 Å². The topological polar surface area (TPSA) is 72.1 Å². The summed E-state index contributed by atoms with van der Waals surface area (Å²) in [5.41, 5.74) is 1.84. The van der Waals surface area contributed by atoms with Crippen molar-refractivity contribution in [3.63, 3.8) is 0 Å². The number of aryl methyl sites for hydroxylation is 1. The van der Waals surface area contributed by atoms with Crippen molar-refractivity contribution in [3.05, 3.63) is 64.7 Å². The number of aromatic nitrogens is 5. The van der Waals surface area contributed by atoms with E-state index < -0.39 is 5.82 Å². The molecule has 1 unspecified atom stereocenters. The van der Waals surface area contributed by atoms with E-state index in [9.17, 15) is 13.6 Å². The highest BCUT2D eigenvalue weighted by molar-refractivity contribution is 5.79. The molecule has 0 N–H and O–H groups in total. The minimum atomic E-state index is -0.516. The summed E-state index contributed by atoms with van der Waals surface area (Å²) in [4.78, 5) is 30.0. The minimum Gasteiger partial charge on any atom is -0.342 e. The summed E-state index contributed by atoms with van der Waals surface area (Å²) in [5, 5.41) is 0. The molecule has 4 heterocycles. The van der Waals surface area contributed by atoms with E-state index in [1.807, 2.05) is 23.6 Å². The van der Waals surface area contributed by atoms with Crippen LogP contribution in [-0.4, -0.2) is 50.3 Å². The largest absolute Gasteiger partial charge is 0.342 e. The zero-order valence-corrected chi connectivity index (χ0v) is 19.0. The van der Waals surface area contributed by atoms with Crippen molar-refractivity contribution in [2.24, 2.45) is 25.9 Å². The van der Waals surface area contributed by atoms with E-state index in [4.69, 9.17) is 4.98 Å². The summed E-state index contributed by atoms with van der Waals surface area (Å²) in [6.07, 6.45) is 2.60. The van der Waals surface area contributed by atoms with Gasteiger partial charge in [0.25, 0.3) is 5.56 Å².